The van der Waals surface area contributed by atoms with E-state index in [0.29, 0.717) is 0 Å². The Morgan fingerprint density at radius 2 is 1.71 bits per heavy atom. The largest absolute Gasteiger partial charge is 0.278 e. The van der Waals surface area contributed by atoms with Crippen molar-refractivity contribution in [2.45, 2.75) is 11.8 Å². The van der Waals surface area contributed by atoms with Crippen molar-refractivity contribution in [3.63, 3.8) is 0 Å². The van der Waals surface area contributed by atoms with Gasteiger partial charge in [0, 0.05) is 48.3 Å². The average Bonchev–Trinajstić information content (AvgIpc) is 3.27. The standard InChI is InChI=1S/C24H18N2S2/c1-3-26-24-22(18-9-5-7-11-20(18)28-24)23(25-2)15-12-13-17-16-8-4-6-10-19(16)27-21(17)14-15/h4-14H,2-3H2,1H3/b23-22-,26-24?. The molecule has 0 unspecified atom stereocenters. The number of aliphatic imine (C=N–C) groups is 2. The van der Waals surface area contributed by atoms with E-state index in [4.69, 9.17) is 4.99 Å². The van der Waals surface area contributed by atoms with E-state index in [1.165, 1.54) is 30.6 Å². The molecule has 0 N–H and O–H groups in total. The molecule has 4 aromatic rings. The number of thioether (sulfide) groups is 1. The van der Waals surface area contributed by atoms with Gasteiger partial charge >= 0.3 is 0 Å². The molecule has 0 saturated heterocycles. The highest BCUT2D eigenvalue weighted by atomic mass is 32.2. The van der Waals surface area contributed by atoms with Gasteiger partial charge in [0.25, 0.3) is 0 Å². The molecule has 3 aromatic carbocycles. The highest BCUT2D eigenvalue weighted by Gasteiger charge is 2.27. The summed E-state index contributed by atoms with van der Waals surface area (Å²) in [5.41, 5.74) is 4.28. The molecule has 0 spiro atoms. The fraction of sp³-hybridized carbons (Fsp3) is 0.0833. The molecule has 0 amide bonds. The van der Waals surface area contributed by atoms with Gasteiger partial charge < -0.3 is 0 Å². The third kappa shape index (κ3) is 2.72. The van der Waals surface area contributed by atoms with E-state index in [2.05, 4.69) is 85.4 Å². The predicted molar refractivity (Wildman–Crippen MR) is 126 cm³/mol. The molecular formula is C24H18N2S2. The van der Waals surface area contributed by atoms with E-state index < -0.39 is 0 Å². The van der Waals surface area contributed by atoms with Gasteiger partial charge in [-0.1, -0.05) is 60.3 Å². The first-order valence-corrected chi connectivity index (χ1v) is 10.9. The Kier molecular flexibility index (Phi) is 4.38. The maximum absolute atomic E-state index is 4.75. The summed E-state index contributed by atoms with van der Waals surface area (Å²) in [4.78, 5) is 10.5. The summed E-state index contributed by atoms with van der Waals surface area (Å²) >= 11 is 3.54. The van der Waals surface area contributed by atoms with Crippen LogP contribution in [0.1, 0.15) is 18.1 Å². The van der Waals surface area contributed by atoms with Crippen LogP contribution in [0.2, 0.25) is 0 Å². The molecule has 2 heterocycles. The summed E-state index contributed by atoms with van der Waals surface area (Å²) in [6.45, 7) is 6.72. The second-order valence-electron chi connectivity index (χ2n) is 6.57. The molecule has 0 bridgehead atoms. The van der Waals surface area contributed by atoms with Gasteiger partial charge in [-0.15, -0.1) is 11.3 Å². The molecule has 2 nitrogen and oxygen atoms in total. The Hall–Kier alpha value is -2.69. The van der Waals surface area contributed by atoms with Gasteiger partial charge in [0.2, 0.25) is 0 Å². The van der Waals surface area contributed by atoms with Crippen LogP contribution in [0.3, 0.4) is 0 Å². The maximum Gasteiger partial charge on any atom is 0.105 e. The Morgan fingerprint density at radius 3 is 2.57 bits per heavy atom. The molecule has 5 rings (SSSR count). The van der Waals surface area contributed by atoms with Crippen LogP contribution in [0.15, 0.2) is 81.6 Å². The first-order chi connectivity index (χ1) is 13.8. The van der Waals surface area contributed by atoms with Gasteiger partial charge in [-0.25, -0.2) is 0 Å². The SMILES string of the molecule is C=N/C(=C1\C(=NCC)Sc2ccccc21)c1ccc2c(c1)sc1ccccc12. The molecule has 4 heteroatoms. The second-order valence-corrected chi connectivity index (χ2v) is 8.68. The molecular weight excluding hydrogens is 380 g/mol. The summed E-state index contributed by atoms with van der Waals surface area (Å²) < 4.78 is 2.58. The third-order valence-corrected chi connectivity index (χ3v) is 7.16. The van der Waals surface area contributed by atoms with Gasteiger partial charge in [-0.2, -0.15) is 0 Å². The van der Waals surface area contributed by atoms with Crippen LogP contribution in [0.25, 0.3) is 31.4 Å². The number of hydrogen-bond donors (Lipinski definition) is 0. The van der Waals surface area contributed by atoms with E-state index in [-0.39, 0.29) is 0 Å². The molecule has 0 radical (unpaired) electrons. The minimum Gasteiger partial charge on any atom is -0.278 e. The average molecular weight is 399 g/mol. The van der Waals surface area contributed by atoms with E-state index in [1.807, 2.05) is 11.3 Å². The smallest absolute Gasteiger partial charge is 0.105 e. The van der Waals surface area contributed by atoms with Gasteiger partial charge in [-0.05, 0) is 31.8 Å². The first kappa shape index (κ1) is 17.4. The molecule has 1 aliphatic rings. The molecule has 1 aliphatic heterocycles. The highest BCUT2D eigenvalue weighted by molar-refractivity contribution is 8.15. The van der Waals surface area contributed by atoms with Crippen LogP contribution >= 0.6 is 23.1 Å². The molecule has 0 saturated carbocycles. The quantitative estimate of drug-likeness (QED) is 0.336. The minimum absolute atomic E-state index is 0.750. The van der Waals surface area contributed by atoms with Crippen molar-refractivity contribution in [2.24, 2.45) is 9.98 Å². The fourth-order valence-electron chi connectivity index (χ4n) is 3.70. The Bertz CT molecular complexity index is 1290. The lowest BCUT2D eigenvalue weighted by Crippen LogP contribution is -1.96. The summed E-state index contributed by atoms with van der Waals surface area (Å²) in [7, 11) is 0. The predicted octanol–water partition coefficient (Wildman–Crippen LogP) is 7.15. The number of hydrogen-bond acceptors (Lipinski definition) is 4. The molecule has 0 aliphatic carbocycles. The Morgan fingerprint density at radius 1 is 0.929 bits per heavy atom. The minimum atomic E-state index is 0.750. The highest BCUT2D eigenvalue weighted by Crippen LogP contribution is 2.45. The molecule has 136 valence electrons. The lowest BCUT2D eigenvalue weighted by molar-refractivity contribution is 1.14. The van der Waals surface area contributed by atoms with E-state index in [0.717, 1.165) is 28.4 Å². The van der Waals surface area contributed by atoms with Crippen LogP contribution < -0.4 is 0 Å². The second kappa shape index (κ2) is 7.04. The van der Waals surface area contributed by atoms with Crippen LogP contribution in [-0.4, -0.2) is 18.3 Å². The lowest BCUT2D eigenvalue weighted by Gasteiger charge is -2.09. The van der Waals surface area contributed by atoms with Crippen LogP contribution in [0.4, 0.5) is 0 Å². The number of nitrogens with zero attached hydrogens (tertiary/aromatic N) is 2. The molecule has 28 heavy (non-hydrogen) atoms. The molecule has 1 aromatic heterocycles. The molecule has 0 atom stereocenters. The normalized spacial score (nSPS) is 16.7. The van der Waals surface area contributed by atoms with Gasteiger partial charge in [0.1, 0.15) is 5.04 Å². The van der Waals surface area contributed by atoms with E-state index >= 15 is 0 Å². The summed E-state index contributed by atoms with van der Waals surface area (Å²) in [6, 6.07) is 23.6. The number of thiophene rings is 1. The summed E-state index contributed by atoms with van der Waals surface area (Å²) in [5, 5.41) is 3.63. The van der Waals surface area contributed by atoms with Crippen molar-refractivity contribution in [3.8, 4) is 0 Å². The Balaban J connectivity index is 1.76. The summed E-state index contributed by atoms with van der Waals surface area (Å²) in [5.74, 6) is 0. The Labute approximate surface area is 172 Å². The van der Waals surface area contributed by atoms with Crippen LogP contribution in [0, 0.1) is 0 Å². The van der Waals surface area contributed by atoms with Gasteiger partial charge in [0.15, 0.2) is 0 Å². The zero-order chi connectivity index (χ0) is 19.1. The fourth-order valence-corrected chi connectivity index (χ4v) is 5.99. The number of benzene rings is 3. The van der Waals surface area contributed by atoms with Crippen molar-refractivity contribution in [1.82, 2.24) is 0 Å². The maximum atomic E-state index is 4.75. The van der Waals surface area contributed by atoms with Crippen LogP contribution in [0.5, 0.6) is 0 Å². The van der Waals surface area contributed by atoms with Crippen molar-refractivity contribution in [1.29, 1.82) is 0 Å². The third-order valence-electron chi connectivity index (χ3n) is 4.93. The topological polar surface area (TPSA) is 24.7 Å². The summed E-state index contributed by atoms with van der Waals surface area (Å²) in [6.07, 6.45) is 0. The van der Waals surface area contributed by atoms with Crippen molar-refractivity contribution < 1.29 is 0 Å². The first-order valence-electron chi connectivity index (χ1n) is 9.25. The zero-order valence-electron chi connectivity index (χ0n) is 15.5. The number of rotatable bonds is 3. The lowest BCUT2D eigenvalue weighted by atomic mass is 9.99. The van der Waals surface area contributed by atoms with Gasteiger partial charge in [-0.3, -0.25) is 9.98 Å². The molecule has 0 fully saturated rings. The van der Waals surface area contributed by atoms with Crippen molar-refractivity contribution >= 4 is 66.3 Å². The van der Waals surface area contributed by atoms with Crippen LogP contribution in [-0.2, 0) is 0 Å². The van der Waals surface area contributed by atoms with Gasteiger partial charge in [0.05, 0.1) is 5.70 Å². The van der Waals surface area contributed by atoms with E-state index in [9.17, 15) is 0 Å². The monoisotopic (exact) mass is 398 g/mol. The van der Waals surface area contributed by atoms with E-state index in [1.54, 1.807) is 11.8 Å². The van der Waals surface area contributed by atoms with Crippen molar-refractivity contribution in [3.05, 3.63) is 77.9 Å². The zero-order valence-corrected chi connectivity index (χ0v) is 17.1. The van der Waals surface area contributed by atoms with Crippen molar-refractivity contribution in [2.75, 3.05) is 6.54 Å². The number of fused-ring (bicyclic) bond motifs is 4.